The Labute approximate surface area is 191 Å². The fourth-order valence-corrected chi connectivity index (χ4v) is 2.79. The Morgan fingerprint density at radius 2 is 1.90 bits per heavy atom. The van der Waals surface area contributed by atoms with Crippen LogP contribution >= 0.6 is 24.0 Å². The first-order chi connectivity index (χ1) is 13.4. The minimum absolute atomic E-state index is 0. The summed E-state index contributed by atoms with van der Waals surface area (Å²) in [6.45, 7) is 8.20. The zero-order chi connectivity index (χ0) is 20.5. The quantitative estimate of drug-likeness (QED) is 0.301. The van der Waals surface area contributed by atoms with E-state index in [1.54, 1.807) is 7.11 Å². The van der Waals surface area contributed by atoms with Crippen molar-refractivity contribution in [3.63, 3.8) is 0 Å². The molecule has 29 heavy (non-hydrogen) atoms. The van der Waals surface area contributed by atoms with Crippen LogP contribution in [0.3, 0.4) is 0 Å². The number of benzene rings is 1. The minimum atomic E-state index is 0. The van der Waals surface area contributed by atoms with Crippen LogP contribution in [0.4, 0.5) is 0 Å². The molecule has 2 rings (SSSR count). The van der Waals surface area contributed by atoms with E-state index in [1.807, 2.05) is 18.2 Å². The number of aromatic nitrogens is 1. The van der Waals surface area contributed by atoms with Crippen molar-refractivity contribution in [1.29, 1.82) is 0 Å². The normalized spacial score (nSPS) is 12.6. The third kappa shape index (κ3) is 7.85. The van der Waals surface area contributed by atoms with Gasteiger partial charge in [0.2, 0.25) is 0 Å². The molecule has 0 radical (unpaired) electrons. The number of likely N-dealkylation sites (N-methyl/N-ethyl adjacent to an activating group) is 1. The van der Waals surface area contributed by atoms with Crippen LogP contribution in [-0.4, -0.2) is 50.3 Å². The van der Waals surface area contributed by atoms with Crippen LogP contribution in [0, 0.1) is 0 Å². The van der Waals surface area contributed by atoms with Crippen LogP contribution in [0.2, 0.25) is 0 Å². The molecule has 0 amide bonds. The largest absolute Gasteiger partial charge is 0.497 e. The number of hydrogen-bond acceptors (Lipinski definition) is 5. The van der Waals surface area contributed by atoms with E-state index in [4.69, 9.17) is 9.26 Å². The molecule has 1 aromatic heterocycles. The van der Waals surface area contributed by atoms with Crippen LogP contribution in [-0.2, 0) is 6.54 Å². The molecule has 0 spiro atoms. The molecule has 0 aliphatic carbocycles. The SMILES string of the molecule is CCNC(=NCc1cc(C(C)C)no1)NCC(c1ccc(OC)cc1)N(C)C.I. The lowest BCUT2D eigenvalue weighted by molar-refractivity contribution is 0.298. The van der Waals surface area contributed by atoms with Crippen molar-refractivity contribution in [2.75, 3.05) is 34.3 Å². The van der Waals surface area contributed by atoms with Crippen molar-refractivity contribution in [2.45, 2.75) is 39.3 Å². The van der Waals surface area contributed by atoms with E-state index in [-0.39, 0.29) is 30.0 Å². The van der Waals surface area contributed by atoms with Gasteiger partial charge in [0.1, 0.15) is 12.3 Å². The molecule has 1 unspecified atom stereocenters. The van der Waals surface area contributed by atoms with E-state index in [9.17, 15) is 0 Å². The molecule has 0 saturated carbocycles. The van der Waals surface area contributed by atoms with Crippen LogP contribution < -0.4 is 15.4 Å². The molecule has 0 aliphatic heterocycles. The Hall–Kier alpha value is -1.81. The van der Waals surface area contributed by atoms with Gasteiger partial charge in [-0.05, 0) is 44.6 Å². The average molecular weight is 515 g/mol. The second-order valence-corrected chi connectivity index (χ2v) is 7.20. The molecule has 2 aromatic rings. The number of ether oxygens (including phenoxy) is 1. The lowest BCUT2D eigenvalue weighted by Crippen LogP contribution is -2.41. The zero-order valence-corrected chi connectivity index (χ0v) is 20.6. The highest BCUT2D eigenvalue weighted by atomic mass is 127. The van der Waals surface area contributed by atoms with Gasteiger partial charge in [0, 0.05) is 19.2 Å². The molecule has 162 valence electrons. The van der Waals surface area contributed by atoms with E-state index < -0.39 is 0 Å². The molecule has 1 heterocycles. The van der Waals surface area contributed by atoms with Crippen molar-refractivity contribution >= 4 is 29.9 Å². The second-order valence-electron chi connectivity index (χ2n) is 7.20. The zero-order valence-electron chi connectivity index (χ0n) is 18.2. The number of nitrogens with zero attached hydrogens (tertiary/aromatic N) is 3. The summed E-state index contributed by atoms with van der Waals surface area (Å²) >= 11 is 0. The number of halogens is 1. The van der Waals surface area contributed by atoms with Gasteiger partial charge >= 0.3 is 0 Å². The number of methoxy groups -OCH3 is 1. The van der Waals surface area contributed by atoms with Gasteiger partial charge < -0.3 is 24.8 Å². The first kappa shape index (κ1) is 25.2. The standard InChI is InChI=1S/C21H33N5O2.HI/c1-7-22-21(23-13-18-12-19(15(2)3)25-28-18)24-14-20(26(4)5)16-8-10-17(27-6)11-9-16;/h8-12,15,20H,7,13-14H2,1-6H3,(H2,22,23,24);1H. The van der Waals surface area contributed by atoms with Gasteiger partial charge in [-0.1, -0.05) is 31.1 Å². The fourth-order valence-electron chi connectivity index (χ4n) is 2.79. The van der Waals surface area contributed by atoms with Crippen molar-refractivity contribution in [3.8, 4) is 5.75 Å². The third-order valence-electron chi connectivity index (χ3n) is 4.49. The maximum absolute atomic E-state index is 5.38. The molecule has 1 atom stereocenters. The Balaban J connectivity index is 0.00000420. The van der Waals surface area contributed by atoms with E-state index in [0.717, 1.165) is 36.3 Å². The van der Waals surface area contributed by atoms with Gasteiger partial charge in [-0.3, -0.25) is 0 Å². The number of hydrogen-bond donors (Lipinski definition) is 2. The van der Waals surface area contributed by atoms with E-state index in [0.29, 0.717) is 12.5 Å². The summed E-state index contributed by atoms with van der Waals surface area (Å²) in [6.07, 6.45) is 0. The highest BCUT2D eigenvalue weighted by Gasteiger charge is 2.15. The van der Waals surface area contributed by atoms with Crippen molar-refractivity contribution in [1.82, 2.24) is 20.7 Å². The molecule has 8 heteroatoms. The smallest absolute Gasteiger partial charge is 0.191 e. The highest BCUT2D eigenvalue weighted by molar-refractivity contribution is 14.0. The summed E-state index contributed by atoms with van der Waals surface area (Å²) < 4.78 is 10.6. The predicted octanol–water partition coefficient (Wildman–Crippen LogP) is 3.78. The Bertz CT molecular complexity index is 744. The van der Waals surface area contributed by atoms with Gasteiger partial charge in [-0.25, -0.2) is 4.99 Å². The maximum atomic E-state index is 5.38. The van der Waals surface area contributed by atoms with Crippen molar-refractivity contribution in [2.24, 2.45) is 4.99 Å². The first-order valence-electron chi connectivity index (χ1n) is 9.72. The van der Waals surface area contributed by atoms with Crippen molar-refractivity contribution in [3.05, 3.63) is 47.3 Å². The highest BCUT2D eigenvalue weighted by Crippen LogP contribution is 2.20. The molecule has 2 N–H and O–H groups in total. The molecule has 0 saturated heterocycles. The number of guanidine groups is 1. The maximum Gasteiger partial charge on any atom is 0.191 e. The fraction of sp³-hybridized carbons (Fsp3) is 0.524. The summed E-state index contributed by atoms with van der Waals surface area (Å²) in [4.78, 5) is 6.82. The molecular weight excluding hydrogens is 481 g/mol. The van der Waals surface area contributed by atoms with E-state index >= 15 is 0 Å². The summed E-state index contributed by atoms with van der Waals surface area (Å²) in [7, 11) is 5.82. The third-order valence-corrected chi connectivity index (χ3v) is 4.49. The molecule has 0 aliphatic rings. The van der Waals surface area contributed by atoms with E-state index in [1.165, 1.54) is 5.56 Å². The van der Waals surface area contributed by atoms with Crippen molar-refractivity contribution < 1.29 is 9.26 Å². The second kappa shape index (κ2) is 12.7. The van der Waals surface area contributed by atoms with Crippen LogP contribution in [0.25, 0.3) is 0 Å². The lowest BCUT2D eigenvalue weighted by Gasteiger charge is -2.26. The molecule has 0 fully saturated rings. The molecular formula is C21H34IN5O2. The Kier molecular flexibility index (Phi) is 11.0. The Morgan fingerprint density at radius 3 is 2.41 bits per heavy atom. The topological polar surface area (TPSA) is 74.9 Å². The van der Waals surface area contributed by atoms with Gasteiger partial charge in [-0.2, -0.15) is 0 Å². The summed E-state index contributed by atoms with van der Waals surface area (Å²) in [5.74, 6) is 2.72. The van der Waals surface area contributed by atoms with Gasteiger partial charge in [0.25, 0.3) is 0 Å². The number of aliphatic imine (C=N–C) groups is 1. The van der Waals surface area contributed by atoms with E-state index in [2.05, 4.69) is 72.7 Å². The van der Waals surface area contributed by atoms with Crippen LogP contribution in [0.5, 0.6) is 5.75 Å². The molecule has 1 aromatic carbocycles. The molecule has 0 bridgehead atoms. The van der Waals surface area contributed by atoms with Gasteiger partial charge in [-0.15, -0.1) is 24.0 Å². The average Bonchev–Trinajstić information content (AvgIpc) is 3.16. The number of nitrogens with one attached hydrogen (secondary N) is 2. The van der Waals surface area contributed by atoms with Crippen LogP contribution in [0.15, 0.2) is 39.8 Å². The van der Waals surface area contributed by atoms with Gasteiger partial charge in [0.05, 0.1) is 18.8 Å². The molecule has 7 nitrogen and oxygen atoms in total. The lowest BCUT2D eigenvalue weighted by atomic mass is 10.1. The monoisotopic (exact) mass is 515 g/mol. The Morgan fingerprint density at radius 1 is 1.21 bits per heavy atom. The number of rotatable bonds is 9. The minimum Gasteiger partial charge on any atom is -0.497 e. The summed E-state index contributed by atoms with van der Waals surface area (Å²) in [5, 5.41) is 10.8. The van der Waals surface area contributed by atoms with Gasteiger partial charge in [0.15, 0.2) is 11.7 Å². The first-order valence-corrected chi connectivity index (χ1v) is 9.72. The predicted molar refractivity (Wildman–Crippen MR) is 128 cm³/mol. The summed E-state index contributed by atoms with van der Waals surface area (Å²) in [5.41, 5.74) is 2.17. The van der Waals surface area contributed by atoms with Crippen LogP contribution in [0.1, 0.15) is 49.7 Å². The summed E-state index contributed by atoms with van der Waals surface area (Å²) in [6, 6.07) is 10.3.